The number of rotatable bonds is 19. The maximum absolute atomic E-state index is 10.3. The highest BCUT2D eigenvalue weighted by Crippen LogP contribution is 2.09. The Morgan fingerprint density at radius 3 is 1.29 bits per heavy atom. The van der Waals surface area contributed by atoms with E-state index < -0.39 is 11.9 Å². The summed E-state index contributed by atoms with van der Waals surface area (Å²) >= 11 is 0. The van der Waals surface area contributed by atoms with Crippen LogP contribution in [-0.2, 0) is 9.59 Å². The van der Waals surface area contributed by atoms with Gasteiger partial charge in [-0.25, -0.2) is 0 Å². The predicted molar refractivity (Wildman–Crippen MR) is 119 cm³/mol. The number of unbranched alkanes of at least 4 members (excludes halogenated alkanes) is 13. The molecule has 0 atom stereocenters. The van der Waals surface area contributed by atoms with Gasteiger partial charge in [0.15, 0.2) is 0 Å². The van der Waals surface area contributed by atoms with Gasteiger partial charge in [-0.1, -0.05) is 90.2 Å². The second kappa shape index (κ2) is 25.7. The van der Waals surface area contributed by atoms with Gasteiger partial charge >= 0.3 is 11.9 Å². The van der Waals surface area contributed by atoms with Gasteiger partial charge < -0.3 is 10.2 Å². The van der Waals surface area contributed by atoms with Gasteiger partial charge in [0.25, 0.3) is 0 Å². The van der Waals surface area contributed by atoms with Crippen LogP contribution in [0, 0.1) is 0 Å². The quantitative estimate of drug-likeness (QED) is 0.172. The summed E-state index contributed by atoms with van der Waals surface area (Å²) in [6, 6.07) is 0. The van der Waals surface area contributed by atoms with Crippen molar-refractivity contribution in [1.29, 1.82) is 0 Å². The molecule has 166 valence electrons. The molecule has 0 aromatic rings. The number of aliphatic carboxylic acids is 2. The first-order valence-corrected chi connectivity index (χ1v) is 11.6. The first-order valence-electron chi connectivity index (χ1n) is 11.6. The Hall–Kier alpha value is -1.32. The second-order valence-electron chi connectivity index (χ2n) is 7.58. The summed E-state index contributed by atoms with van der Waals surface area (Å²) in [7, 11) is 0. The van der Waals surface area contributed by atoms with Gasteiger partial charge in [-0.15, -0.1) is 0 Å². The Bertz CT molecular complexity index is 364. The van der Waals surface area contributed by atoms with Crippen molar-refractivity contribution < 1.29 is 19.8 Å². The van der Waals surface area contributed by atoms with E-state index in [9.17, 15) is 9.59 Å². The number of carboxylic acid groups (broad SMARTS) is 2. The Balaban J connectivity index is 0. The zero-order valence-electron chi connectivity index (χ0n) is 18.6. The van der Waals surface area contributed by atoms with E-state index in [-0.39, 0.29) is 0 Å². The third-order valence-electron chi connectivity index (χ3n) is 4.65. The van der Waals surface area contributed by atoms with Gasteiger partial charge in [0.2, 0.25) is 0 Å². The largest absolute Gasteiger partial charge is 0.481 e. The molecule has 0 rings (SSSR count). The number of carboxylic acids is 2. The van der Waals surface area contributed by atoms with Crippen molar-refractivity contribution in [2.75, 3.05) is 0 Å². The average Bonchev–Trinajstić information content (AvgIpc) is 2.65. The first kappa shape index (κ1) is 28.9. The summed E-state index contributed by atoms with van der Waals surface area (Å²) in [6.07, 6.45) is 24.5. The molecule has 0 spiro atoms. The van der Waals surface area contributed by atoms with E-state index in [0.717, 1.165) is 32.1 Å². The van der Waals surface area contributed by atoms with Crippen molar-refractivity contribution >= 4 is 11.9 Å². The molecule has 0 fully saturated rings. The summed E-state index contributed by atoms with van der Waals surface area (Å²) in [4.78, 5) is 20.2. The van der Waals surface area contributed by atoms with Gasteiger partial charge in [-0.3, -0.25) is 9.59 Å². The molecule has 4 nitrogen and oxygen atoms in total. The molecule has 0 radical (unpaired) electrons. The van der Waals surface area contributed by atoms with E-state index in [0.29, 0.717) is 12.8 Å². The van der Waals surface area contributed by atoms with Crippen LogP contribution in [0.3, 0.4) is 0 Å². The van der Waals surface area contributed by atoms with Crippen LogP contribution < -0.4 is 0 Å². The Morgan fingerprint density at radius 1 is 0.536 bits per heavy atom. The topological polar surface area (TPSA) is 74.6 Å². The molecule has 0 bridgehead atoms. The number of hydrogen-bond donors (Lipinski definition) is 2. The maximum atomic E-state index is 10.3. The third-order valence-corrected chi connectivity index (χ3v) is 4.65. The van der Waals surface area contributed by atoms with Crippen LogP contribution in [0.2, 0.25) is 0 Å². The standard InChI is InChI=1S/C18H34O2.C6H12O2/c1-2-3-4-5-6-7-8-9-10-11-12-13-14-15-16-17-18(19)20;1-2-3-4-5-6(7)8/h9-10H,2-8,11-17H2,1H3,(H,19,20);2-5H2,1H3,(H,7,8)/b10-9-;. The molecule has 0 aromatic heterocycles. The molecular formula is C24H46O4. The average molecular weight is 399 g/mol. The summed E-state index contributed by atoms with van der Waals surface area (Å²) in [5, 5.41) is 16.6. The molecule has 0 aliphatic rings. The van der Waals surface area contributed by atoms with E-state index in [1.54, 1.807) is 0 Å². The molecule has 0 heterocycles. The minimum atomic E-state index is -0.682. The highest BCUT2D eigenvalue weighted by molar-refractivity contribution is 5.66. The number of allylic oxidation sites excluding steroid dienone is 2. The lowest BCUT2D eigenvalue weighted by Gasteiger charge is -1.99. The minimum absolute atomic E-state index is 0.327. The fourth-order valence-corrected chi connectivity index (χ4v) is 2.87. The smallest absolute Gasteiger partial charge is 0.303 e. The number of carbonyl (C=O) groups is 2. The first-order chi connectivity index (χ1) is 13.5. The summed E-state index contributed by atoms with van der Waals surface area (Å²) in [5.41, 5.74) is 0. The zero-order chi connectivity index (χ0) is 21.3. The highest BCUT2D eigenvalue weighted by Gasteiger charge is 1.96. The minimum Gasteiger partial charge on any atom is -0.481 e. The van der Waals surface area contributed by atoms with Gasteiger partial charge in [0.05, 0.1) is 0 Å². The zero-order valence-corrected chi connectivity index (χ0v) is 18.6. The molecule has 4 heteroatoms. The van der Waals surface area contributed by atoms with Crippen LogP contribution in [-0.4, -0.2) is 22.2 Å². The van der Waals surface area contributed by atoms with E-state index in [2.05, 4.69) is 26.0 Å². The van der Waals surface area contributed by atoms with Gasteiger partial charge in [0, 0.05) is 12.8 Å². The maximum Gasteiger partial charge on any atom is 0.303 e. The fourth-order valence-electron chi connectivity index (χ4n) is 2.87. The van der Waals surface area contributed by atoms with E-state index >= 15 is 0 Å². The van der Waals surface area contributed by atoms with Crippen LogP contribution in [0.25, 0.3) is 0 Å². The van der Waals surface area contributed by atoms with Crippen LogP contribution in [0.4, 0.5) is 0 Å². The summed E-state index contributed by atoms with van der Waals surface area (Å²) < 4.78 is 0. The Kier molecular flexibility index (Phi) is 26.5. The molecule has 0 saturated heterocycles. The molecule has 2 N–H and O–H groups in total. The lowest BCUT2D eigenvalue weighted by molar-refractivity contribution is -0.138. The van der Waals surface area contributed by atoms with Crippen molar-refractivity contribution in [3.8, 4) is 0 Å². The summed E-state index contributed by atoms with van der Waals surface area (Å²) in [6.45, 7) is 4.32. The fraction of sp³-hybridized carbons (Fsp3) is 0.833. The van der Waals surface area contributed by atoms with Crippen molar-refractivity contribution in [3.63, 3.8) is 0 Å². The van der Waals surface area contributed by atoms with Crippen LogP contribution in [0.5, 0.6) is 0 Å². The lowest BCUT2D eigenvalue weighted by Crippen LogP contribution is -1.93. The van der Waals surface area contributed by atoms with Crippen molar-refractivity contribution in [2.24, 2.45) is 0 Å². The normalized spacial score (nSPS) is 10.6. The molecule has 0 amide bonds. The molecule has 0 unspecified atom stereocenters. The molecular weight excluding hydrogens is 352 g/mol. The van der Waals surface area contributed by atoms with Crippen molar-refractivity contribution in [3.05, 3.63) is 12.2 Å². The summed E-state index contributed by atoms with van der Waals surface area (Å²) in [5.74, 6) is -1.35. The molecule has 28 heavy (non-hydrogen) atoms. The molecule has 0 aliphatic carbocycles. The number of hydrogen-bond acceptors (Lipinski definition) is 2. The van der Waals surface area contributed by atoms with Crippen molar-refractivity contribution in [1.82, 2.24) is 0 Å². The van der Waals surface area contributed by atoms with Gasteiger partial charge in [-0.2, -0.15) is 0 Å². The molecule has 0 aromatic carbocycles. The van der Waals surface area contributed by atoms with Crippen LogP contribution in [0.1, 0.15) is 129 Å². The lowest BCUT2D eigenvalue weighted by atomic mass is 10.1. The Morgan fingerprint density at radius 2 is 0.857 bits per heavy atom. The van der Waals surface area contributed by atoms with E-state index in [1.807, 2.05) is 0 Å². The van der Waals surface area contributed by atoms with Crippen LogP contribution >= 0.6 is 0 Å². The van der Waals surface area contributed by atoms with Gasteiger partial charge in [0.1, 0.15) is 0 Å². The third kappa shape index (κ3) is 32.4. The van der Waals surface area contributed by atoms with Crippen molar-refractivity contribution in [2.45, 2.75) is 129 Å². The van der Waals surface area contributed by atoms with E-state index in [4.69, 9.17) is 10.2 Å². The molecule has 0 aliphatic heterocycles. The van der Waals surface area contributed by atoms with Crippen LogP contribution in [0.15, 0.2) is 12.2 Å². The SMILES string of the molecule is CCCCCC(=O)O.CCCCCCCC/C=C\CCCCCCCC(=O)O. The molecule has 0 saturated carbocycles. The highest BCUT2D eigenvalue weighted by atomic mass is 16.4. The van der Waals surface area contributed by atoms with Gasteiger partial charge in [-0.05, 0) is 38.5 Å². The van der Waals surface area contributed by atoms with E-state index in [1.165, 1.54) is 70.6 Å². The Labute approximate surface area is 173 Å². The monoisotopic (exact) mass is 398 g/mol. The second-order valence-corrected chi connectivity index (χ2v) is 7.58. The predicted octanol–water partition coefficient (Wildman–Crippen LogP) is 7.76.